The second-order valence-electron chi connectivity index (χ2n) is 6.59. The van der Waals surface area contributed by atoms with Gasteiger partial charge in [0, 0.05) is 12.1 Å². The molecule has 0 bridgehead atoms. The highest BCUT2D eigenvalue weighted by Crippen LogP contribution is 2.38. The summed E-state index contributed by atoms with van der Waals surface area (Å²) < 4.78 is 0. The lowest BCUT2D eigenvalue weighted by Gasteiger charge is -2.36. The third-order valence-electron chi connectivity index (χ3n) is 4.36. The van der Waals surface area contributed by atoms with Crippen LogP contribution in [0.1, 0.15) is 58.1 Å². The molecule has 20 heavy (non-hydrogen) atoms. The van der Waals surface area contributed by atoms with Crippen LogP contribution in [0.25, 0.3) is 0 Å². The molecule has 1 atom stereocenters. The molecule has 1 aromatic rings. The van der Waals surface area contributed by atoms with Crippen LogP contribution in [0.2, 0.25) is 15.1 Å². The van der Waals surface area contributed by atoms with Crippen molar-refractivity contribution in [1.82, 2.24) is 5.32 Å². The minimum atomic E-state index is 0.184. The summed E-state index contributed by atoms with van der Waals surface area (Å²) in [6, 6.07) is 4.51. The molecule has 0 heterocycles. The number of nitrogens with one attached hydrogen (secondary N) is 1. The Balaban J connectivity index is 2.02. The molecule has 0 amide bonds. The first-order valence-corrected chi connectivity index (χ1v) is 8.33. The largest absolute Gasteiger partial charge is 0.307 e. The Morgan fingerprint density at radius 3 is 2.30 bits per heavy atom. The van der Waals surface area contributed by atoms with E-state index in [4.69, 9.17) is 34.8 Å². The van der Waals surface area contributed by atoms with Gasteiger partial charge in [0.15, 0.2) is 0 Å². The maximum absolute atomic E-state index is 6.30. The molecule has 0 aromatic heterocycles. The Morgan fingerprint density at radius 1 is 1.10 bits per heavy atom. The summed E-state index contributed by atoms with van der Waals surface area (Å²) in [6.45, 7) is 6.83. The zero-order valence-electron chi connectivity index (χ0n) is 12.3. The lowest BCUT2D eigenvalue weighted by molar-refractivity contribution is 0.200. The Kier molecular flexibility index (Phi) is 5.29. The second-order valence-corrected chi connectivity index (χ2v) is 7.75. The second kappa shape index (κ2) is 6.44. The van der Waals surface area contributed by atoms with Crippen LogP contribution < -0.4 is 5.32 Å². The first-order chi connectivity index (χ1) is 9.30. The van der Waals surface area contributed by atoms with Crippen LogP contribution in [0.4, 0.5) is 0 Å². The number of halogens is 3. The third kappa shape index (κ3) is 3.82. The molecule has 0 saturated heterocycles. The van der Waals surface area contributed by atoms with E-state index in [1.54, 1.807) is 0 Å². The monoisotopic (exact) mass is 333 g/mol. The van der Waals surface area contributed by atoms with Gasteiger partial charge in [-0.05, 0) is 49.7 Å². The van der Waals surface area contributed by atoms with Crippen molar-refractivity contribution in [2.45, 2.75) is 58.5 Å². The molecule has 1 saturated carbocycles. The van der Waals surface area contributed by atoms with Gasteiger partial charge in [0.1, 0.15) is 0 Å². The Morgan fingerprint density at radius 2 is 1.70 bits per heavy atom. The molecule has 0 spiro atoms. The van der Waals surface area contributed by atoms with Gasteiger partial charge in [-0.1, -0.05) is 54.7 Å². The van der Waals surface area contributed by atoms with Crippen LogP contribution in [0.5, 0.6) is 0 Å². The minimum absolute atomic E-state index is 0.184. The van der Waals surface area contributed by atoms with Gasteiger partial charge < -0.3 is 5.32 Å². The smallest absolute Gasteiger partial charge is 0.0781 e. The van der Waals surface area contributed by atoms with Crippen LogP contribution in [-0.2, 0) is 0 Å². The van der Waals surface area contributed by atoms with Gasteiger partial charge in [0.2, 0.25) is 0 Å². The maximum atomic E-state index is 6.30. The standard InChI is InChI=1S/C16H22Cl3N/c1-10(12-4-5-13(17)15(19)14(12)18)20-11-6-8-16(2,3)9-7-11/h4-5,10-11,20H,6-9H2,1-3H3. The van der Waals surface area contributed by atoms with Crippen LogP contribution in [0.3, 0.4) is 0 Å². The highest BCUT2D eigenvalue weighted by atomic mass is 35.5. The van der Waals surface area contributed by atoms with Crippen molar-refractivity contribution in [2.75, 3.05) is 0 Å². The van der Waals surface area contributed by atoms with E-state index in [2.05, 4.69) is 26.1 Å². The first-order valence-electron chi connectivity index (χ1n) is 7.19. The maximum Gasteiger partial charge on any atom is 0.0781 e. The van der Waals surface area contributed by atoms with Crippen molar-refractivity contribution in [1.29, 1.82) is 0 Å². The zero-order valence-corrected chi connectivity index (χ0v) is 14.5. The van der Waals surface area contributed by atoms with Crippen molar-refractivity contribution in [2.24, 2.45) is 5.41 Å². The van der Waals surface area contributed by atoms with Gasteiger partial charge in [-0.25, -0.2) is 0 Å². The van der Waals surface area contributed by atoms with E-state index >= 15 is 0 Å². The molecule has 1 aromatic carbocycles. The summed E-state index contributed by atoms with van der Waals surface area (Å²) in [6.07, 6.45) is 4.98. The number of benzene rings is 1. The molecule has 1 aliphatic rings. The van der Waals surface area contributed by atoms with E-state index < -0.39 is 0 Å². The molecule has 4 heteroatoms. The van der Waals surface area contributed by atoms with E-state index in [9.17, 15) is 0 Å². The average molecular weight is 335 g/mol. The molecule has 1 fully saturated rings. The number of hydrogen-bond donors (Lipinski definition) is 1. The SMILES string of the molecule is CC(NC1CCC(C)(C)CC1)c1ccc(Cl)c(Cl)c1Cl. The van der Waals surface area contributed by atoms with E-state index in [-0.39, 0.29) is 6.04 Å². The molecule has 1 N–H and O–H groups in total. The third-order valence-corrected chi connectivity index (χ3v) is 5.66. The normalized spacial score (nSPS) is 20.9. The fourth-order valence-electron chi connectivity index (χ4n) is 2.88. The zero-order chi connectivity index (χ0) is 14.9. The molecule has 0 aliphatic heterocycles. The van der Waals surface area contributed by atoms with Gasteiger partial charge in [-0.15, -0.1) is 0 Å². The Labute approximate surface area is 137 Å². The van der Waals surface area contributed by atoms with Gasteiger partial charge in [-0.3, -0.25) is 0 Å². The van der Waals surface area contributed by atoms with Crippen molar-refractivity contribution in [3.63, 3.8) is 0 Å². The molecular weight excluding hydrogens is 313 g/mol. The predicted molar refractivity (Wildman–Crippen MR) is 89.1 cm³/mol. The molecular formula is C16H22Cl3N. The molecule has 1 nitrogen and oxygen atoms in total. The Bertz CT molecular complexity index is 475. The summed E-state index contributed by atoms with van der Waals surface area (Å²) in [5.74, 6) is 0. The van der Waals surface area contributed by atoms with Crippen molar-refractivity contribution in [3.05, 3.63) is 32.8 Å². The lowest BCUT2D eigenvalue weighted by atomic mass is 9.75. The van der Waals surface area contributed by atoms with Crippen molar-refractivity contribution >= 4 is 34.8 Å². The summed E-state index contributed by atoms with van der Waals surface area (Å²) >= 11 is 18.4. The van der Waals surface area contributed by atoms with E-state index in [1.807, 2.05) is 12.1 Å². The van der Waals surface area contributed by atoms with E-state index in [1.165, 1.54) is 25.7 Å². The molecule has 1 unspecified atom stereocenters. The van der Waals surface area contributed by atoms with Crippen LogP contribution >= 0.6 is 34.8 Å². The Hall–Kier alpha value is 0.0500. The van der Waals surface area contributed by atoms with Crippen molar-refractivity contribution < 1.29 is 0 Å². The average Bonchev–Trinajstić information content (AvgIpc) is 2.38. The molecule has 0 radical (unpaired) electrons. The molecule has 112 valence electrons. The van der Waals surface area contributed by atoms with E-state index in [0.717, 1.165) is 5.56 Å². The molecule has 1 aliphatic carbocycles. The summed E-state index contributed by atoms with van der Waals surface area (Å²) in [4.78, 5) is 0. The van der Waals surface area contributed by atoms with Crippen molar-refractivity contribution in [3.8, 4) is 0 Å². The fourth-order valence-corrected chi connectivity index (χ4v) is 3.59. The first kappa shape index (κ1) is 16.4. The van der Waals surface area contributed by atoms with Gasteiger partial charge in [-0.2, -0.15) is 0 Å². The fraction of sp³-hybridized carbons (Fsp3) is 0.625. The van der Waals surface area contributed by atoms with Gasteiger partial charge in [0.25, 0.3) is 0 Å². The van der Waals surface area contributed by atoms with Crippen LogP contribution in [0.15, 0.2) is 12.1 Å². The summed E-state index contributed by atoms with van der Waals surface area (Å²) in [7, 11) is 0. The highest BCUT2D eigenvalue weighted by molar-refractivity contribution is 6.48. The van der Waals surface area contributed by atoms with Crippen LogP contribution in [-0.4, -0.2) is 6.04 Å². The van der Waals surface area contributed by atoms with Gasteiger partial charge >= 0.3 is 0 Å². The number of rotatable bonds is 3. The summed E-state index contributed by atoms with van der Waals surface area (Å²) in [5, 5.41) is 5.19. The lowest BCUT2D eigenvalue weighted by Crippen LogP contribution is -2.37. The topological polar surface area (TPSA) is 12.0 Å². The van der Waals surface area contributed by atoms with Crippen LogP contribution in [0, 0.1) is 5.41 Å². The summed E-state index contributed by atoms with van der Waals surface area (Å²) in [5.41, 5.74) is 1.51. The predicted octanol–water partition coefficient (Wildman–Crippen LogP) is 6.27. The highest BCUT2D eigenvalue weighted by Gasteiger charge is 2.27. The van der Waals surface area contributed by atoms with Gasteiger partial charge in [0.05, 0.1) is 15.1 Å². The number of hydrogen-bond acceptors (Lipinski definition) is 1. The van der Waals surface area contributed by atoms with E-state index in [0.29, 0.717) is 26.5 Å². The molecule has 2 rings (SSSR count). The quantitative estimate of drug-likeness (QED) is 0.643. The minimum Gasteiger partial charge on any atom is -0.307 e.